The van der Waals surface area contributed by atoms with E-state index in [9.17, 15) is 26.3 Å². The van der Waals surface area contributed by atoms with Crippen LogP contribution in [0, 0.1) is 0 Å². The van der Waals surface area contributed by atoms with Crippen LogP contribution in [0.15, 0.2) is 104 Å². The highest BCUT2D eigenvalue weighted by atomic mass is 19.4. The van der Waals surface area contributed by atoms with Crippen LogP contribution >= 0.6 is 0 Å². The van der Waals surface area contributed by atoms with Crippen molar-refractivity contribution in [3.8, 4) is 23.0 Å². The molecule has 0 aliphatic heterocycles. The van der Waals surface area contributed by atoms with E-state index >= 15 is 0 Å². The lowest BCUT2D eigenvalue weighted by atomic mass is 9.78. The first-order valence-corrected chi connectivity index (χ1v) is 12.3. The second-order valence-electron chi connectivity index (χ2n) is 9.90. The van der Waals surface area contributed by atoms with Crippen LogP contribution in [0.2, 0.25) is 0 Å². The summed E-state index contributed by atoms with van der Waals surface area (Å²) in [5.41, 5.74) is 0.428. The fourth-order valence-electron chi connectivity index (χ4n) is 4.30. The molecule has 0 bridgehead atoms. The number of hydrogen-bond donors (Lipinski definition) is 0. The highest BCUT2D eigenvalue weighted by Crippen LogP contribution is 2.40. The fraction of sp³-hybridized carbons (Fsp3) is 0.188. The molecule has 40 heavy (non-hydrogen) atoms. The Hall–Kier alpha value is -4.20. The third-order valence-electron chi connectivity index (χ3n) is 6.39. The van der Waals surface area contributed by atoms with E-state index in [-0.39, 0.29) is 28.4 Å². The summed E-state index contributed by atoms with van der Waals surface area (Å²) < 4.78 is 90.6. The van der Waals surface area contributed by atoms with Crippen molar-refractivity contribution in [3.63, 3.8) is 0 Å². The topological polar surface area (TPSA) is 18.5 Å². The SMILES string of the molecule is C=C(CC(C)(C)c1ccc(Oc2ccccc2C(F)(F)F)cc1)c1ccc(Oc2ccccc2C(F)(F)F)cc1. The molecular weight excluding hydrogens is 530 g/mol. The molecule has 0 aliphatic rings. The van der Waals surface area contributed by atoms with Crippen LogP contribution in [0.4, 0.5) is 26.3 Å². The molecule has 208 valence electrons. The molecule has 2 nitrogen and oxygen atoms in total. The number of rotatable bonds is 8. The van der Waals surface area contributed by atoms with E-state index in [1.165, 1.54) is 36.4 Å². The zero-order chi connectivity index (χ0) is 29.1. The van der Waals surface area contributed by atoms with Crippen LogP contribution in [0.1, 0.15) is 42.5 Å². The summed E-state index contributed by atoms with van der Waals surface area (Å²) in [7, 11) is 0. The molecule has 4 rings (SSSR count). The molecule has 8 heteroatoms. The van der Waals surface area contributed by atoms with Crippen LogP contribution in [0.25, 0.3) is 5.57 Å². The number of para-hydroxylation sites is 2. The Morgan fingerprint density at radius 1 is 0.600 bits per heavy atom. The minimum absolute atomic E-state index is 0.259. The summed E-state index contributed by atoms with van der Waals surface area (Å²) in [5.74, 6) is -0.0188. The van der Waals surface area contributed by atoms with Gasteiger partial charge in [0, 0.05) is 0 Å². The van der Waals surface area contributed by atoms with E-state index < -0.39 is 23.5 Å². The maximum Gasteiger partial charge on any atom is 0.419 e. The lowest BCUT2D eigenvalue weighted by Crippen LogP contribution is -2.17. The highest BCUT2D eigenvalue weighted by molar-refractivity contribution is 5.65. The molecule has 0 heterocycles. The second kappa shape index (κ2) is 11.1. The Bertz CT molecular complexity index is 1470. The standard InChI is InChI=1S/C32H26F6O2/c1-21(22-12-16-24(17-13-22)39-28-10-6-4-8-26(28)31(33,34)35)20-30(2,3)23-14-18-25(19-15-23)40-29-11-7-5-9-27(29)32(36,37)38/h4-19H,1,20H2,2-3H3. The first kappa shape index (κ1) is 28.8. The average Bonchev–Trinajstić information content (AvgIpc) is 2.88. The zero-order valence-electron chi connectivity index (χ0n) is 21.7. The van der Waals surface area contributed by atoms with Crippen molar-refractivity contribution < 1.29 is 35.8 Å². The van der Waals surface area contributed by atoms with Gasteiger partial charge in [-0.15, -0.1) is 0 Å². The van der Waals surface area contributed by atoms with Gasteiger partial charge in [-0.25, -0.2) is 0 Å². The molecule has 0 aliphatic carbocycles. The van der Waals surface area contributed by atoms with Crippen molar-refractivity contribution in [2.75, 3.05) is 0 Å². The van der Waals surface area contributed by atoms with E-state index in [2.05, 4.69) is 6.58 Å². The van der Waals surface area contributed by atoms with Gasteiger partial charge in [0.2, 0.25) is 0 Å². The van der Waals surface area contributed by atoms with Crippen molar-refractivity contribution in [1.29, 1.82) is 0 Å². The number of allylic oxidation sites excluding steroid dienone is 1. The van der Waals surface area contributed by atoms with Gasteiger partial charge in [-0.3, -0.25) is 0 Å². The Labute approximate surface area is 228 Å². The summed E-state index contributed by atoms with van der Waals surface area (Å²) in [6.45, 7) is 8.21. The minimum Gasteiger partial charge on any atom is -0.457 e. The van der Waals surface area contributed by atoms with Crippen LogP contribution in [0.3, 0.4) is 0 Å². The normalized spacial score (nSPS) is 12.2. The van der Waals surface area contributed by atoms with E-state index in [1.807, 2.05) is 13.8 Å². The van der Waals surface area contributed by atoms with Gasteiger partial charge < -0.3 is 9.47 Å². The molecule has 0 N–H and O–H groups in total. The maximum absolute atomic E-state index is 13.3. The third-order valence-corrected chi connectivity index (χ3v) is 6.39. The van der Waals surface area contributed by atoms with Crippen molar-refractivity contribution in [2.45, 2.75) is 38.0 Å². The largest absolute Gasteiger partial charge is 0.457 e. The summed E-state index contributed by atoms with van der Waals surface area (Å²) in [6, 6.07) is 23.5. The van der Waals surface area contributed by atoms with Crippen molar-refractivity contribution in [3.05, 3.63) is 126 Å². The van der Waals surface area contributed by atoms with Crippen molar-refractivity contribution >= 4 is 5.57 Å². The Kier molecular flexibility index (Phi) is 8.00. The maximum atomic E-state index is 13.3. The average molecular weight is 557 g/mol. The summed E-state index contributed by atoms with van der Waals surface area (Å²) >= 11 is 0. The molecule has 0 atom stereocenters. The molecule has 0 aromatic heterocycles. The first-order chi connectivity index (χ1) is 18.7. The number of alkyl halides is 6. The summed E-state index contributed by atoms with van der Waals surface area (Å²) in [6.07, 6.45) is -8.52. The molecule has 4 aromatic carbocycles. The first-order valence-electron chi connectivity index (χ1n) is 12.3. The molecule has 0 radical (unpaired) electrons. The van der Waals surface area contributed by atoms with E-state index in [0.717, 1.165) is 28.8 Å². The second-order valence-corrected chi connectivity index (χ2v) is 9.90. The Morgan fingerprint density at radius 3 is 1.43 bits per heavy atom. The van der Waals surface area contributed by atoms with Crippen molar-refractivity contribution in [2.24, 2.45) is 0 Å². The molecule has 0 unspecified atom stereocenters. The summed E-state index contributed by atoms with van der Waals surface area (Å²) in [4.78, 5) is 0. The molecule has 0 fully saturated rings. The summed E-state index contributed by atoms with van der Waals surface area (Å²) in [5, 5.41) is 0. The molecular formula is C32H26F6O2. The molecule has 0 saturated heterocycles. The molecule has 0 amide bonds. The van der Waals surface area contributed by atoms with Gasteiger partial charge in [-0.2, -0.15) is 26.3 Å². The lowest BCUT2D eigenvalue weighted by Gasteiger charge is -2.27. The Morgan fingerprint density at radius 2 is 1.00 bits per heavy atom. The monoisotopic (exact) mass is 556 g/mol. The third kappa shape index (κ3) is 6.86. The van der Waals surface area contributed by atoms with Crippen LogP contribution < -0.4 is 9.47 Å². The number of benzene rings is 4. The highest BCUT2D eigenvalue weighted by Gasteiger charge is 2.35. The van der Waals surface area contributed by atoms with E-state index in [1.54, 1.807) is 48.5 Å². The smallest absolute Gasteiger partial charge is 0.419 e. The van der Waals surface area contributed by atoms with Gasteiger partial charge in [0.25, 0.3) is 0 Å². The predicted molar refractivity (Wildman–Crippen MR) is 143 cm³/mol. The number of ether oxygens (including phenoxy) is 2. The van der Waals surface area contributed by atoms with Gasteiger partial charge in [-0.1, -0.05) is 69.0 Å². The van der Waals surface area contributed by atoms with Crippen LogP contribution in [-0.4, -0.2) is 0 Å². The van der Waals surface area contributed by atoms with Crippen LogP contribution in [0.5, 0.6) is 23.0 Å². The molecule has 0 saturated carbocycles. The van der Waals surface area contributed by atoms with Gasteiger partial charge >= 0.3 is 12.4 Å². The lowest BCUT2D eigenvalue weighted by molar-refractivity contribution is -0.139. The fourth-order valence-corrected chi connectivity index (χ4v) is 4.30. The number of hydrogen-bond acceptors (Lipinski definition) is 2. The zero-order valence-corrected chi connectivity index (χ0v) is 21.7. The van der Waals surface area contributed by atoms with Gasteiger partial charge in [-0.05, 0) is 77.1 Å². The minimum atomic E-state index is -4.53. The van der Waals surface area contributed by atoms with Gasteiger partial charge in [0.15, 0.2) is 0 Å². The number of halogens is 6. The molecule has 4 aromatic rings. The van der Waals surface area contributed by atoms with Gasteiger partial charge in [0.05, 0.1) is 11.1 Å². The van der Waals surface area contributed by atoms with E-state index in [4.69, 9.17) is 9.47 Å². The van der Waals surface area contributed by atoms with E-state index in [0.29, 0.717) is 6.42 Å². The van der Waals surface area contributed by atoms with Crippen LogP contribution in [-0.2, 0) is 17.8 Å². The van der Waals surface area contributed by atoms with Crippen molar-refractivity contribution in [1.82, 2.24) is 0 Å². The predicted octanol–water partition coefficient (Wildman–Crippen LogP) is 10.7. The van der Waals surface area contributed by atoms with Gasteiger partial charge in [0.1, 0.15) is 23.0 Å². The quantitative estimate of drug-likeness (QED) is 0.201. The molecule has 0 spiro atoms. The Balaban J connectivity index is 1.43.